The molecule has 0 saturated heterocycles. The summed E-state index contributed by atoms with van der Waals surface area (Å²) >= 11 is 12.0. The lowest BCUT2D eigenvalue weighted by atomic mass is 10.2. The summed E-state index contributed by atoms with van der Waals surface area (Å²) in [4.78, 5) is 18.0. The van der Waals surface area contributed by atoms with Crippen LogP contribution in [0.1, 0.15) is 5.56 Å². The van der Waals surface area contributed by atoms with Crippen LogP contribution in [0.15, 0.2) is 30.6 Å². The minimum absolute atomic E-state index is 0.0768. The highest BCUT2D eigenvalue weighted by atomic mass is 35.5. The number of methoxy groups -OCH3 is 2. The molecule has 0 aliphatic carbocycles. The second-order valence-corrected chi connectivity index (χ2v) is 6.82. The number of hydrogen-bond acceptors (Lipinski definition) is 8. The summed E-state index contributed by atoms with van der Waals surface area (Å²) in [6.45, 7) is -0.413. The molecule has 1 aromatic heterocycles. The van der Waals surface area contributed by atoms with E-state index < -0.39 is 28.9 Å². The van der Waals surface area contributed by atoms with Gasteiger partial charge in [-0.1, -0.05) is 23.2 Å². The predicted molar refractivity (Wildman–Crippen MR) is 112 cm³/mol. The fourth-order valence-electron chi connectivity index (χ4n) is 2.69. The molecule has 3 rings (SSSR count). The standard InChI is InChI=1S/C19H14Cl2F2N4O5/c1-30-13-4-3-11(22)16(23)9(13)7-32-15-6-12(10(20)5-14(15)31-2)26-19-17(27(28)29)18(21)24-8-25-19/h3-6,8H,7H2,1-2H3,(H,24,25,26). The van der Waals surface area contributed by atoms with E-state index in [1.165, 1.54) is 32.4 Å². The summed E-state index contributed by atoms with van der Waals surface area (Å²) in [5.74, 6) is -2.07. The molecule has 32 heavy (non-hydrogen) atoms. The Hall–Kier alpha value is -3.44. The van der Waals surface area contributed by atoms with Gasteiger partial charge in [0.05, 0.1) is 35.4 Å². The summed E-state index contributed by atoms with van der Waals surface area (Å²) in [7, 11) is 2.66. The van der Waals surface area contributed by atoms with Crippen molar-refractivity contribution in [1.82, 2.24) is 9.97 Å². The number of nitrogens with zero attached hydrogens (tertiary/aromatic N) is 3. The zero-order valence-electron chi connectivity index (χ0n) is 16.5. The molecule has 0 saturated carbocycles. The third kappa shape index (κ3) is 4.73. The molecule has 168 valence electrons. The highest BCUT2D eigenvalue weighted by molar-refractivity contribution is 6.34. The van der Waals surface area contributed by atoms with E-state index in [2.05, 4.69) is 15.3 Å². The Labute approximate surface area is 190 Å². The smallest absolute Gasteiger partial charge is 0.348 e. The molecule has 9 nitrogen and oxygen atoms in total. The molecule has 0 spiro atoms. The highest BCUT2D eigenvalue weighted by Crippen LogP contribution is 2.40. The number of nitrogens with one attached hydrogen (secondary N) is 1. The van der Waals surface area contributed by atoms with Gasteiger partial charge >= 0.3 is 5.69 Å². The normalized spacial score (nSPS) is 10.6. The van der Waals surface area contributed by atoms with E-state index in [9.17, 15) is 18.9 Å². The Bertz CT molecular complexity index is 1180. The molecule has 0 fully saturated rings. The molecule has 0 bridgehead atoms. The Balaban J connectivity index is 1.96. The van der Waals surface area contributed by atoms with Crippen LogP contribution in [0.5, 0.6) is 17.2 Å². The predicted octanol–water partition coefficient (Wildman–Crippen LogP) is 5.31. The molecule has 0 amide bonds. The van der Waals surface area contributed by atoms with Crippen molar-refractivity contribution in [1.29, 1.82) is 0 Å². The van der Waals surface area contributed by atoms with Crippen LogP contribution in [-0.2, 0) is 6.61 Å². The van der Waals surface area contributed by atoms with Crippen molar-refractivity contribution in [3.8, 4) is 17.2 Å². The number of nitro groups is 1. The monoisotopic (exact) mass is 486 g/mol. The first-order chi connectivity index (χ1) is 15.3. The van der Waals surface area contributed by atoms with Gasteiger partial charge in [-0.2, -0.15) is 0 Å². The van der Waals surface area contributed by atoms with E-state index in [0.717, 1.165) is 12.4 Å². The lowest BCUT2D eigenvalue weighted by Crippen LogP contribution is -2.06. The summed E-state index contributed by atoms with van der Waals surface area (Å²) in [6.07, 6.45) is 1.03. The maximum Gasteiger partial charge on any atom is 0.348 e. The van der Waals surface area contributed by atoms with E-state index in [0.29, 0.717) is 0 Å². The number of halogens is 4. The van der Waals surface area contributed by atoms with E-state index in [-0.39, 0.29) is 44.5 Å². The van der Waals surface area contributed by atoms with Crippen molar-refractivity contribution in [2.75, 3.05) is 19.5 Å². The van der Waals surface area contributed by atoms with Gasteiger partial charge < -0.3 is 19.5 Å². The van der Waals surface area contributed by atoms with Gasteiger partial charge in [0.25, 0.3) is 0 Å². The minimum atomic E-state index is -1.12. The van der Waals surface area contributed by atoms with Crippen molar-refractivity contribution in [3.63, 3.8) is 0 Å². The van der Waals surface area contributed by atoms with Crippen LogP contribution in [0.3, 0.4) is 0 Å². The second kappa shape index (κ2) is 9.79. The maximum absolute atomic E-state index is 14.2. The van der Waals surface area contributed by atoms with Crippen LogP contribution in [-0.4, -0.2) is 29.1 Å². The number of ether oxygens (including phenoxy) is 3. The Kier molecular flexibility index (Phi) is 7.11. The van der Waals surface area contributed by atoms with Crippen LogP contribution >= 0.6 is 23.2 Å². The minimum Gasteiger partial charge on any atom is -0.496 e. The van der Waals surface area contributed by atoms with Gasteiger partial charge in [-0.15, -0.1) is 0 Å². The van der Waals surface area contributed by atoms with Crippen LogP contribution < -0.4 is 19.5 Å². The number of benzene rings is 2. The molecule has 3 aromatic rings. The van der Waals surface area contributed by atoms with Crippen molar-refractivity contribution >= 4 is 40.4 Å². The summed E-state index contributed by atoms with van der Waals surface area (Å²) in [6, 6.07) is 4.92. The molecule has 0 radical (unpaired) electrons. The molecule has 1 N–H and O–H groups in total. The van der Waals surface area contributed by atoms with Crippen LogP contribution in [0, 0.1) is 21.7 Å². The van der Waals surface area contributed by atoms with E-state index in [4.69, 9.17) is 37.4 Å². The molecular weight excluding hydrogens is 473 g/mol. The third-order valence-electron chi connectivity index (χ3n) is 4.21. The molecular formula is C19H14Cl2F2N4O5. The van der Waals surface area contributed by atoms with Crippen molar-refractivity contribution in [2.45, 2.75) is 6.61 Å². The van der Waals surface area contributed by atoms with Gasteiger partial charge in [0.1, 0.15) is 18.7 Å². The number of hydrogen-bond donors (Lipinski definition) is 1. The van der Waals surface area contributed by atoms with E-state index >= 15 is 0 Å². The van der Waals surface area contributed by atoms with Crippen molar-refractivity contribution in [2.24, 2.45) is 0 Å². The second-order valence-electron chi connectivity index (χ2n) is 6.06. The quantitative estimate of drug-likeness (QED) is 0.259. The molecule has 0 unspecified atom stereocenters. The summed E-state index contributed by atoms with van der Waals surface area (Å²) in [5, 5.41) is 13.7. The molecule has 1 heterocycles. The summed E-state index contributed by atoms with van der Waals surface area (Å²) in [5.41, 5.74) is -0.570. The average molecular weight is 487 g/mol. The largest absolute Gasteiger partial charge is 0.496 e. The first-order valence-corrected chi connectivity index (χ1v) is 9.45. The van der Waals surface area contributed by atoms with Gasteiger partial charge in [0, 0.05) is 12.1 Å². The highest BCUT2D eigenvalue weighted by Gasteiger charge is 2.23. The Morgan fingerprint density at radius 2 is 1.81 bits per heavy atom. The van der Waals surface area contributed by atoms with E-state index in [1.807, 2.05) is 0 Å². The van der Waals surface area contributed by atoms with Gasteiger partial charge in [-0.25, -0.2) is 18.7 Å². The van der Waals surface area contributed by atoms with Gasteiger partial charge in [0.15, 0.2) is 23.1 Å². The Morgan fingerprint density at radius 1 is 1.09 bits per heavy atom. The first kappa shape index (κ1) is 23.2. The average Bonchev–Trinajstić information content (AvgIpc) is 2.76. The zero-order valence-corrected chi connectivity index (χ0v) is 18.0. The molecule has 13 heteroatoms. The van der Waals surface area contributed by atoms with E-state index in [1.54, 1.807) is 0 Å². The fraction of sp³-hybridized carbons (Fsp3) is 0.158. The number of rotatable bonds is 8. The summed E-state index contributed by atoms with van der Waals surface area (Å²) < 4.78 is 43.8. The lowest BCUT2D eigenvalue weighted by Gasteiger charge is -2.16. The number of aromatic nitrogens is 2. The molecule has 0 aliphatic heterocycles. The molecule has 2 aromatic carbocycles. The van der Waals surface area contributed by atoms with Gasteiger partial charge in [0.2, 0.25) is 11.0 Å². The maximum atomic E-state index is 14.2. The van der Waals surface area contributed by atoms with Crippen LogP contribution in [0.2, 0.25) is 10.2 Å². The van der Waals surface area contributed by atoms with Gasteiger partial charge in [-0.3, -0.25) is 10.1 Å². The molecule has 0 atom stereocenters. The van der Waals surface area contributed by atoms with Crippen LogP contribution in [0.25, 0.3) is 0 Å². The fourth-order valence-corrected chi connectivity index (χ4v) is 3.09. The first-order valence-electron chi connectivity index (χ1n) is 8.69. The van der Waals surface area contributed by atoms with Crippen LogP contribution in [0.4, 0.5) is 26.0 Å². The zero-order chi connectivity index (χ0) is 23.4. The number of anilines is 2. The Morgan fingerprint density at radius 3 is 2.47 bits per heavy atom. The topological polar surface area (TPSA) is 109 Å². The lowest BCUT2D eigenvalue weighted by molar-refractivity contribution is -0.384. The van der Waals surface area contributed by atoms with Gasteiger partial charge in [-0.05, 0) is 12.1 Å². The molecule has 0 aliphatic rings. The third-order valence-corrected chi connectivity index (χ3v) is 4.80. The van der Waals surface area contributed by atoms with Crippen molar-refractivity contribution in [3.05, 3.63) is 68.1 Å². The SMILES string of the molecule is COc1cc(Cl)c(Nc2ncnc(Cl)c2[N+](=O)[O-])cc1OCc1c(OC)ccc(F)c1F. The van der Waals surface area contributed by atoms with Crippen molar-refractivity contribution < 1.29 is 27.9 Å².